The van der Waals surface area contributed by atoms with Crippen molar-refractivity contribution < 1.29 is 28.6 Å². The normalized spacial score (nSPS) is 13.2. The van der Waals surface area contributed by atoms with Crippen molar-refractivity contribution in [3.63, 3.8) is 0 Å². The van der Waals surface area contributed by atoms with Crippen LogP contribution in [0.5, 0.6) is 11.5 Å². The lowest BCUT2D eigenvalue weighted by molar-refractivity contribution is -0.131. The van der Waals surface area contributed by atoms with E-state index in [1.54, 1.807) is 32.4 Å². The number of aromatic nitrogens is 2. The van der Waals surface area contributed by atoms with Crippen LogP contribution in [0.15, 0.2) is 54.6 Å². The minimum atomic E-state index is -0.493. The van der Waals surface area contributed by atoms with Crippen LogP contribution >= 0.6 is 0 Å². The summed E-state index contributed by atoms with van der Waals surface area (Å²) in [5.74, 6) is 0.872. The topological polar surface area (TPSA) is 141 Å². The summed E-state index contributed by atoms with van der Waals surface area (Å²) in [6, 6.07) is 16.5. The molecule has 1 aromatic heterocycles. The molecule has 1 aliphatic carbocycles. The summed E-state index contributed by atoms with van der Waals surface area (Å²) in [7, 11) is 3.18. The van der Waals surface area contributed by atoms with Gasteiger partial charge in [0.1, 0.15) is 30.5 Å². The molecule has 1 fully saturated rings. The average Bonchev–Trinajstić information content (AvgIpc) is 3.00. The van der Waals surface area contributed by atoms with Crippen LogP contribution in [-0.2, 0) is 19.1 Å². The van der Waals surface area contributed by atoms with Gasteiger partial charge in [-0.25, -0.2) is 9.97 Å². The van der Waals surface area contributed by atoms with Gasteiger partial charge in [0, 0.05) is 23.2 Å². The number of methoxy groups -OCH3 is 2. The summed E-state index contributed by atoms with van der Waals surface area (Å²) in [4.78, 5) is 46.0. The second kappa shape index (κ2) is 14.8. The maximum absolute atomic E-state index is 12.6. The number of nitrogens with zero attached hydrogens (tertiary/aromatic N) is 2. The molecule has 0 unspecified atom stereocenters. The Labute approximate surface area is 239 Å². The van der Waals surface area contributed by atoms with Gasteiger partial charge in [-0.1, -0.05) is 19.3 Å². The lowest BCUT2D eigenvalue weighted by Crippen LogP contribution is -2.43. The van der Waals surface area contributed by atoms with E-state index < -0.39 is 11.8 Å². The molecular formula is C30H35N5O6. The Morgan fingerprint density at radius 3 is 2.02 bits per heavy atom. The highest BCUT2D eigenvalue weighted by molar-refractivity contribution is 5.92. The van der Waals surface area contributed by atoms with Gasteiger partial charge < -0.3 is 30.2 Å². The van der Waals surface area contributed by atoms with Crippen LogP contribution in [0, 0.1) is 0 Å². The Kier molecular flexibility index (Phi) is 10.6. The summed E-state index contributed by atoms with van der Waals surface area (Å²) in [6.07, 6.45) is 5.33. The molecular weight excluding hydrogens is 526 g/mol. The van der Waals surface area contributed by atoms with Gasteiger partial charge in [-0.05, 0) is 61.4 Å². The summed E-state index contributed by atoms with van der Waals surface area (Å²) in [5.41, 5.74) is 2.13. The van der Waals surface area contributed by atoms with E-state index in [-0.39, 0.29) is 37.5 Å². The van der Waals surface area contributed by atoms with E-state index in [2.05, 4.69) is 25.9 Å². The Hall–Kier alpha value is -4.51. The molecule has 0 aliphatic heterocycles. The fourth-order valence-electron chi connectivity index (χ4n) is 4.46. The van der Waals surface area contributed by atoms with Crippen molar-refractivity contribution in [2.75, 3.05) is 39.3 Å². The van der Waals surface area contributed by atoms with Gasteiger partial charge in [0.15, 0.2) is 5.82 Å². The van der Waals surface area contributed by atoms with Gasteiger partial charge in [0.25, 0.3) is 5.91 Å². The van der Waals surface area contributed by atoms with Crippen molar-refractivity contribution in [2.45, 2.75) is 38.1 Å². The number of nitrogens with one attached hydrogen (secondary N) is 3. The number of rotatable bonds is 12. The smallest absolute Gasteiger partial charge is 0.251 e. The Balaban J connectivity index is 1.34. The third kappa shape index (κ3) is 9.00. The third-order valence-corrected chi connectivity index (χ3v) is 6.61. The first-order chi connectivity index (χ1) is 19.9. The van der Waals surface area contributed by atoms with E-state index in [4.69, 9.17) is 14.2 Å². The van der Waals surface area contributed by atoms with E-state index >= 15 is 0 Å². The maximum Gasteiger partial charge on any atom is 0.251 e. The molecule has 3 N–H and O–H groups in total. The van der Waals surface area contributed by atoms with E-state index in [0.29, 0.717) is 23.0 Å². The number of hydrogen-bond donors (Lipinski definition) is 3. The minimum Gasteiger partial charge on any atom is -0.497 e. The molecule has 0 radical (unpaired) electrons. The van der Waals surface area contributed by atoms with Crippen molar-refractivity contribution >= 4 is 23.5 Å². The molecule has 3 amide bonds. The molecule has 1 aliphatic rings. The molecule has 1 heterocycles. The largest absolute Gasteiger partial charge is 0.497 e. The lowest BCUT2D eigenvalue weighted by atomic mass is 9.95. The maximum atomic E-state index is 12.6. The first-order valence-electron chi connectivity index (χ1n) is 13.5. The second-order valence-corrected chi connectivity index (χ2v) is 9.64. The zero-order valence-corrected chi connectivity index (χ0v) is 23.3. The van der Waals surface area contributed by atoms with E-state index in [1.807, 2.05) is 36.4 Å². The van der Waals surface area contributed by atoms with Crippen molar-refractivity contribution in [3.05, 3.63) is 54.6 Å². The van der Waals surface area contributed by atoms with Crippen LogP contribution in [0.3, 0.4) is 0 Å². The summed E-state index contributed by atoms with van der Waals surface area (Å²) < 4.78 is 15.7. The molecule has 11 heteroatoms. The summed E-state index contributed by atoms with van der Waals surface area (Å²) in [6.45, 7) is -0.863. The van der Waals surface area contributed by atoms with Gasteiger partial charge in [-0.2, -0.15) is 0 Å². The van der Waals surface area contributed by atoms with Gasteiger partial charge in [-0.3, -0.25) is 14.4 Å². The molecule has 0 bridgehead atoms. The van der Waals surface area contributed by atoms with Crippen molar-refractivity contribution in [1.29, 1.82) is 0 Å². The van der Waals surface area contributed by atoms with Gasteiger partial charge in [-0.15, -0.1) is 0 Å². The van der Waals surface area contributed by atoms with Crippen LogP contribution in [0.2, 0.25) is 0 Å². The zero-order chi connectivity index (χ0) is 29.0. The van der Waals surface area contributed by atoms with Crippen LogP contribution in [0.1, 0.15) is 32.1 Å². The quantitative estimate of drug-likeness (QED) is 0.306. The first-order valence-corrected chi connectivity index (χ1v) is 13.5. The molecule has 216 valence electrons. The molecule has 11 nitrogen and oxygen atoms in total. The van der Waals surface area contributed by atoms with Crippen molar-refractivity contribution in [3.8, 4) is 34.1 Å². The Morgan fingerprint density at radius 1 is 0.780 bits per heavy atom. The first kappa shape index (κ1) is 29.5. The van der Waals surface area contributed by atoms with E-state index in [0.717, 1.165) is 36.8 Å². The Bertz CT molecular complexity index is 1260. The highest BCUT2D eigenvalue weighted by Crippen LogP contribution is 2.27. The van der Waals surface area contributed by atoms with Crippen LogP contribution in [-0.4, -0.2) is 67.7 Å². The number of carbonyl (C=O) groups is 3. The van der Waals surface area contributed by atoms with E-state index in [1.165, 1.54) is 6.42 Å². The molecule has 0 spiro atoms. The predicted molar refractivity (Wildman–Crippen MR) is 153 cm³/mol. The number of amides is 3. The number of anilines is 1. The average molecular weight is 562 g/mol. The van der Waals surface area contributed by atoms with E-state index in [9.17, 15) is 14.4 Å². The Morgan fingerprint density at radius 2 is 1.39 bits per heavy atom. The lowest BCUT2D eigenvalue weighted by Gasteiger charge is -2.22. The molecule has 2 aromatic carbocycles. The van der Waals surface area contributed by atoms with Crippen LogP contribution in [0.4, 0.5) is 5.82 Å². The number of ether oxygens (including phenoxy) is 3. The number of hydrogen-bond acceptors (Lipinski definition) is 8. The van der Waals surface area contributed by atoms with Gasteiger partial charge in [0.05, 0.1) is 26.5 Å². The third-order valence-electron chi connectivity index (χ3n) is 6.61. The molecule has 41 heavy (non-hydrogen) atoms. The molecule has 3 aromatic rings. The second-order valence-electron chi connectivity index (χ2n) is 9.64. The number of carbonyl (C=O) groups excluding carboxylic acids is 3. The van der Waals surface area contributed by atoms with Crippen molar-refractivity contribution in [1.82, 2.24) is 20.6 Å². The monoisotopic (exact) mass is 561 g/mol. The predicted octanol–water partition coefficient (Wildman–Crippen LogP) is 3.35. The van der Waals surface area contributed by atoms with Crippen LogP contribution in [0.25, 0.3) is 22.6 Å². The minimum absolute atomic E-state index is 0.131. The summed E-state index contributed by atoms with van der Waals surface area (Å²) in [5, 5.41) is 8.17. The number of benzene rings is 2. The molecule has 1 saturated carbocycles. The standard InChI is InChI=1S/C30H35N5O6/c1-39-23-12-8-20(9-13-23)25-16-26(35-30(33-25)21-10-14-24(40-2)15-11-21)34-29(38)19-41-18-28(37)31-17-27(36)32-22-6-4-3-5-7-22/h8-16,22H,3-7,17-19H2,1-2H3,(H,31,37)(H,32,36)(H,33,34,35,38). The fraction of sp³-hybridized carbons (Fsp3) is 0.367. The fourth-order valence-corrected chi connectivity index (χ4v) is 4.46. The molecule has 0 saturated heterocycles. The molecule has 4 rings (SSSR count). The molecule has 0 atom stereocenters. The SMILES string of the molecule is COc1ccc(-c2cc(NC(=O)COCC(=O)NCC(=O)NC3CCCCC3)nc(-c3ccc(OC)cc3)n2)cc1. The van der Waals surface area contributed by atoms with Gasteiger partial charge in [0.2, 0.25) is 11.8 Å². The highest BCUT2D eigenvalue weighted by Gasteiger charge is 2.16. The van der Waals surface area contributed by atoms with Crippen molar-refractivity contribution in [2.24, 2.45) is 0 Å². The highest BCUT2D eigenvalue weighted by atomic mass is 16.5. The van der Waals surface area contributed by atoms with Gasteiger partial charge >= 0.3 is 0 Å². The van der Waals surface area contributed by atoms with Crippen LogP contribution < -0.4 is 25.4 Å². The zero-order valence-electron chi connectivity index (χ0n) is 23.3. The summed E-state index contributed by atoms with van der Waals surface area (Å²) >= 11 is 0.